The molecule has 4 rings (SSSR count). The Hall–Kier alpha value is -4.79. The van der Waals surface area contributed by atoms with E-state index in [-0.39, 0.29) is 18.8 Å². The zero-order valence-electron chi connectivity index (χ0n) is 29.9. The van der Waals surface area contributed by atoms with Gasteiger partial charge in [-0.1, -0.05) is 41.0 Å². The Morgan fingerprint density at radius 1 is 1.06 bits per heavy atom. The van der Waals surface area contributed by atoms with Gasteiger partial charge in [-0.3, -0.25) is 14.8 Å². The Bertz CT molecular complexity index is 1880. The van der Waals surface area contributed by atoms with E-state index in [1.165, 1.54) is 4.79 Å². The topological polar surface area (TPSA) is 180 Å². The van der Waals surface area contributed by atoms with E-state index in [0.29, 0.717) is 78.0 Å². The fraction of sp³-hybridized carbons (Fsp3) is 0.486. The average molecular weight is 709 g/mol. The van der Waals surface area contributed by atoms with Crippen LogP contribution in [0.4, 0.5) is 27.5 Å². The summed E-state index contributed by atoms with van der Waals surface area (Å²) in [7, 11) is -3.52. The number of aromatic nitrogens is 3. The smallest absolute Gasteiger partial charge is 0.411 e. The van der Waals surface area contributed by atoms with Gasteiger partial charge in [-0.15, -0.1) is 9.89 Å². The molecule has 50 heavy (non-hydrogen) atoms. The summed E-state index contributed by atoms with van der Waals surface area (Å²) in [6.07, 6.45) is 1.87. The molecule has 1 aliphatic rings. The lowest BCUT2D eigenvalue weighted by Gasteiger charge is -2.24. The van der Waals surface area contributed by atoms with Crippen molar-refractivity contribution in [1.29, 1.82) is 0 Å². The minimum atomic E-state index is -3.52. The first kappa shape index (κ1) is 38.0. The molecular formula is C35H48N8O6S. The fourth-order valence-corrected chi connectivity index (χ4v) is 6.60. The molecule has 0 saturated carbocycles. The lowest BCUT2D eigenvalue weighted by atomic mass is 9.87. The van der Waals surface area contributed by atoms with Gasteiger partial charge in [-0.25, -0.2) is 23.2 Å². The average Bonchev–Trinajstić information content (AvgIpc) is 3.62. The number of hydrogen-bond donors (Lipinski definition) is 3. The maximum Gasteiger partial charge on any atom is 0.411 e. The van der Waals surface area contributed by atoms with Crippen LogP contribution in [-0.2, 0) is 26.0 Å². The third-order valence-corrected chi connectivity index (χ3v) is 9.29. The van der Waals surface area contributed by atoms with E-state index in [0.717, 1.165) is 17.7 Å². The second-order valence-corrected chi connectivity index (χ2v) is 14.8. The first-order chi connectivity index (χ1) is 23.7. The Balaban J connectivity index is 1.79. The number of fused-ring (bicyclic) bond motifs is 1. The molecule has 0 aliphatic carbocycles. The van der Waals surface area contributed by atoms with Gasteiger partial charge in [0, 0.05) is 41.9 Å². The first-order valence-corrected chi connectivity index (χ1v) is 18.7. The summed E-state index contributed by atoms with van der Waals surface area (Å²) in [6, 6.07) is 10.9. The molecular weight excluding hydrogens is 661 g/mol. The first-order valence-electron chi connectivity index (χ1n) is 17.0. The highest BCUT2D eigenvalue weighted by Gasteiger charge is 2.35. The fourth-order valence-electron chi connectivity index (χ4n) is 5.36. The standard InChI is InChI=1S/C35H48N8O6S/c1-8-12-18-50(47,48)41-25-20-23(9-2)19-24(21-25)32-38-33-30(31(35(5,6)7)39-43(33)40-32)36-27-16-15-26(22-28(27)37-34(46)49-11-4)42(10-3)17-13-14-29(44)45/h15-16,19-22,41H,8-14,17-18H2,1-7H3,(H,37,46)(H,44,45). The quantitative estimate of drug-likeness (QED) is 0.146. The molecule has 1 amide bonds. The number of carboxylic acid groups (broad SMARTS) is 1. The second kappa shape index (κ2) is 16.3. The molecule has 3 aromatic rings. The number of amides is 1. The third kappa shape index (κ3) is 9.67. The van der Waals surface area contributed by atoms with E-state index in [1.54, 1.807) is 25.1 Å². The number of aryl methyl sites for hydroxylation is 1. The van der Waals surface area contributed by atoms with Crippen molar-refractivity contribution in [2.75, 3.05) is 40.4 Å². The van der Waals surface area contributed by atoms with Crippen LogP contribution in [0.2, 0.25) is 0 Å². The maximum absolute atomic E-state index is 12.7. The molecule has 2 aromatic carbocycles. The zero-order chi connectivity index (χ0) is 36.6. The number of carbonyl (C=O) groups is 2. The summed E-state index contributed by atoms with van der Waals surface area (Å²) in [5, 5.41) is 21.4. The van der Waals surface area contributed by atoms with Gasteiger partial charge in [0.15, 0.2) is 5.82 Å². The largest absolute Gasteiger partial charge is 0.481 e. The molecule has 0 unspecified atom stereocenters. The van der Waals surface area contributed by atoms with E-state index in [4.69, 9.17) is 24.9 Å². The van der Waals surface area contributed by atoms with E-state index in [1.807, 2.05) is 64.6 Å². The van der Waals surface area contributed by atoms with Crippen LogP contribution in [0, 0.1) is 5.41 Å². The summed E-state index contributed by atoms with van der Waals surface area (Å²) in [5.41, 5.74) is 4.25. The molecule has 3 N–H and O–H groups in total. The van der Waals surface area contributed by atoms with Gasteiger partial charge in [0.25, 0.3) is 0 Å². The van der Waals surface area contributed by atoms with Crippen molar-refractivity contribution in [2.24, 2.45) is 15.5 Å². The van der Waals surface area contributed by atoms with Crippen molar-refractivity contribution in [3.05, 3.63) is 47.8 Å². The minimum Gasteiger partial charge on any atom is -0.481 e. The SMILES string of the molecule is CCCCS(=O)(=O)Nc1cc(CC)cc(-c2nc3n(n2)N=C(C(C)(C)C)C3=Nc2ccc(N(CC)CCCC(=O)O)cc2NC(=O)OCC)c1. The monoisotopic (exact) mass is 708 g/mol. The van der Waals surface area contributed by atoms with E-state index in [9.17, 15) is 18.0 Å². The molecule has 0 radical (unpaired) electrons. The highest BCUT2D eigenvalue weighted by molar-refractivity contribution is 7.92. The van der Waals surface area contributed by atoms with Crippen molar-refractivity contribution in [3.8, 4) is 11.4 Å². The van der Waals surface area contributed by atoms with Gasteiger partial charge in [-0.05, 0) is 75.1 Å². The molecule has 0 bridgehead atoms. The molecule has 2 heterocycles. The molecule has 1 aromatic heterocycles. The lowest BCUT2D eigenvalue weighted by molar-refractivity contribution is -0.137. The van der Waals surface area contributed by atoms with Crippen molar-refractivity contribution in [3.63, 3.8) is 0 Å². The molecule has 1 aliphatic heterocycles. The number of rotatable bonds is 16. The van der Waals surface area contributed by atoms with E-state index < -0.39 is 27.5 Å². The van der Waals surface area contributed by atoms with Crippen molar-refractivity contribution >= 4 is 56.3 Å². The minimum absolute atomic E-state index is 0.0333. The number of aliphatic carboxylic acids is 1. The van der Waals surface area contributed by atoms with Crippen LogP contribution in [-0.4, -0.2) is 77.3 Å². The van der Waals surface area contributed by atoms with Gasteiger partial charge in [0.05, 0.1) is 29.4 Å². The van der Waals surface area contributed by atoms with Crippen LogP contribution in [0.25, 0.3) is 11.4 Å². The second-order valence-electron chi connectivity index (χ2n) is 13.0. The number of aliphatic imine (C=N–C) groups is 1. The molecule has 0 fully saturated rings. The van der Waals surface area contributed by atoms with Crippen LogP contribution in [0.3, 0.4) is 0 Å². The predicted octanol–water partition coefficient (Wildman–Crippen LogP) is 6.69. The lowest BCUT2D eigenvalue weighted by Crippen LogP contribution is -2.27. The summed E-state index contributed by atoms with van der Waals surface area (Å²) in [5.74, 6) is -0.0713. The highest BCUT2D eigenvalue weighted by Crippen LogP contribution is 2.34. The predicted molar refractivity (Wildman–Crippen MR) is 197 cm³/mol. The van der Waals surface area contributed by atoms with Gasteiger partial charge < -0.3 is 14.7 Å². The van der Waals surface area contributed by atoms with Crippen LogP contribution in [0.1, 0.15) is 85.5 Å². The van der Waals surface area contributed by atoms with Gasteiger partial charge in [-0.2, -0.15) is 5.10 Å². The number of sulfonamides is 1. The van der Waals surface area contributed by atoms with Gasteiger partial charge in [0.1, 0.15) is 5.71 Å². The maximum atomic E-state index is 12.7. The summed E-state index contributed by atoms with van der Waals surface area (Å²) in [4.78, 5) is 37.1. The number of nitrogens with one attached hydrogen (secondary N) is 2. The molecule has 15 heteroatoms. The summed E-state index contributed by atoms with van der Waals surface area (Å²) in [6.45, 7) is 15.0. The number of anilines is 3. The van der Waals surface area contributed by atoms with Gasteiger partial charge in [0.2, 0.25) is 15.8 Å². The van der Waals surface area contributed by atoms with Crippen molar-refractivity contribution in [1.82, 2.24) is 14.9 Å². The Kier molecular flexibility index (Phi) is 12.4. The number of ether oxygens (including phenoxy) is 1. The van der Waals surface area contributed by atoms with Crippen LogP contribution >= 0.6 is 0 Å². The molecule has 0 atom stereocenters. The van der Waals surface area contributed by atoms with Crippen molar-refractivity contribution in [2.45, 2.75) is 80.6 Å². The number of hydrogen-bond acceptors (Lipinski definition) is 10. The highest BCUT2D eigenvalue weighted by atomic mass is 32.2. The summed E-state index contributed by atoms with van der Waals surface area (Å²) >= 11 is 0. The van der Waals surface area contributed by atoms with Crippen molar-refractivity contribution < 1.29 is 27.9 Å². The number of carbonyl (C=O) groups excluding carboxylic acids is 1. The van der Waals surface area contributed by atoms with E-state index >= 15 is 0 Å². The van der Waals surface area contributed by atoms with Crippen LogP contribution in [0.15, 0.2) is 46.5 Å². The molecule has 0 saturated heterocycles. The van der Waals surface area contributed by atoms with Crippen LogP contribution < -0.4 is 14.9 Å². The number of carboxylic acids is 1. The van der Waals surface area contributed by atoms with Crippen LogP contribution in [0.5, 0.6) is 0 Å². The van der Waals surface area contributed by atoms with Gasteiger partial charge >= 0.3 is 12.1 Å². The summed E-state index contributed by atoms with van der Waals surface area (Å²) < 4.78 is 33.3. The normalized spacial score (nSPS) is 13.6. The molecule has 14 nitrogen and oxygen atoms in total. The number of unbranched alkanes of at least 4 members (excludes halogenated alkanes) is 1. The Morgan fingerprint density at radius 3 is 2.46 bits per heavy atom. The molecule has 0 spiro atoms. The van der Waals surface area contributed by atoms with E-state index in [2.05, 4.69) is 15.1 Å². The Morgan fingerprint density at radius 2 is 1.82 bits per heavy atom. The third-order valence-electron chi connectivity index (χ3n) is 7.92. The Labute approximate surface area is 294 Å². The zero-order valence-corrected chi connectivity index (χ0v) is 30.7. The number of nitrogens with zero attached hydrogens (tertiary/aromatic N) is 6. The molecule has 270 valence electrons. The number of benzene rings is 2.